The van der Waals surface area contributed by atoms with Crippen LogP contribution in [0.1, 0.15) is 43.2 Å². The molecule has 22 nitrogen and oxygen atoms in total. The summed E-state index contributed by atoms with van der Waals surface area (Å²) in [6.45, 7) is -0.461. The summed E-state index contributed by atoms with van der Waals surface area (Å²) in [5.74, 6) is -8.78. The quantitative estimate of drug-likeness (QED) is 0.0368. The van der Waals surface area contributed by atoms with Crippen molar-refractivity contribution >= 4 is 75.9 Å². The van der Waals surface area contributed by atoms with Gasteiger partial charge in [-0.3, -0.25) is 53.2 Å². The second-order valence-electron chi connectivity index (χ2n) is 15.8. The average Bonchev–Trinajstić information content (AvgIpc) is 3.24. The number of aromatic hydroxyl groups is 1. The molecule has 0 aliphatic carbocycles. The van der Waals surface area contributed by atoms with E-state index in [1.807, 2.05) is 22.6 Å². The summed E-state index contributed by atoms with van der Waals surface area (Å²) in [5, 5.41) is 64.2. The molecular formula is C43H59IN8O14. The van der Waals surface area contributed by atoms with E-state index in [1.54, 1.807) is 41.3 Å². The van der Waals surface area contributed by atoms with Crippen LogP contribution in [0.2, 0.25) is 0 Å². The summed E-state index contributed by atoms with van der Waals surface area (Å²) in [7, 11) is 0. The van der Waals surface area contributed by atoms with E-state index in [9.17, 15) is 69.0 Å². The zero-order valence-corrected chi connectivity index (χ0v) is 38.6. The van der Waals surface area contributed by atoms with Crippen LogP contribution in [0.4, 0.5) is 0 Å². The number of nitrogens with one attached hydrogen (secondary N) is 2. The molecular weight excluding hydrogens is 979 g/mol. The molecule has 3 amide bonds. The molecule has 3 atom stereocenters. The predicted octanol–water partition coefficient (Wildman–Crippen LogP) is -0.358. The van der Waals surface area contributed by atoms with Crippen LogP contribution < -0.4 is 16.4 Å². The Morgan fingerprint density at radius 2 is 1.21 bits per heavy atom. The molecule has 0 radical (unpaired) electrons. The van der Waals surface area contributed by atoms with Gasteiger partial charge >= 0.3 is 29.8 Å². The Kier molecular flexibility index (Phi) is 23.6. The number of amides is 3. The van der Waals surface area contributed by atoms with Crippen molar-refractivity contribution in [2.75, 3.05) is 78.5 Å². The molecule has 1 unspecified atom stereocenters. The molecule has 0 spiro atoms. The van der Waals surface area contributed by atoms with Crippen LogP contribution in [0.5, 0.6) is 5.75 Å². The lowest BCUT2D eigenvalue weighted by atomic mass is 10.0. The van der Waals surface area contributed by atoms with E-state index < -0.39 is 85.2 Å². The zero-order valence-electron chi connectivity index (χ0n) is 36.4. The lowest BCUT2D eigenvalue weighted by Gasteiger charge is -2.35. The van der Waals surface area contributed by atoms with Gasteiger partial charge in [0.15, 0.2) is 0 Å². The summed E-state index contributed by atoms with van der Waals surface area (Å²) >= 11 is 1.88. The van der Waals surface area contributed by atoms with Crippen LogP contribution in [0, 0.1) is 3.57 Å². The molecule has 3 rings (SSSR count). The van der Waals surface area contributed by atoms with E-state index in [0.29, 0.717) is 34.1 Å². The number of carbonyl (C=O) groups is 8. The van der Waals surface area contributed by atoms with Gasteiger partial charge in [0, 0.05) is 71.6 Å². The van der Waals surface area contributed by atoms with Crippen LogP contribution >= 0.6 is 22.6 Å². The number of nitrogens with two attached hydrogens (primary N) is 1. The normalized spacial score (nSPS) is 16.4. The molecule has 362 valence electrons. The molecule has 1 heterocycles. The first-order valence-electron chi connectivity index (χ1n) is 21.3. The Morgan fingerprint density at radius 3 is 1.70 bits per heavy atom. The van der Waals surface area contributed by atoms with Crippen molar-refractivity contribution in [2.24, 2.45) is 10.7 Å². The van der Waals surface area contributed by atoms with Crippen molar-refractivity contribution in [1.29, 1.82) is 0 Å². The first kappa shape index (κ1) is 54.7. The van der Waals surface area contributed by atoms with E-state index >= 15 is 0 Å². The van der Waals surface area contributed by atoms with E-state index in [-0.39, 0.29) is 96.0 Å². The van der Waals surface area contributed by atoms with E-state index in [2.05, 4.69) is 15.6 Å². The highest BCUT2D eigenvalue weighted by molar-refractivity contribution is 14.1. The SMILES string of the molecule is NCCCC[C@@H](NC(=O)[C@@H](Cc1ccccc1)NC(=O)C(Cc1ccc(O)c(I)c1)=NC(=O)CCC(C(=O)O)N1CCN(CC(=O)O)CCN(CC(=O)O)CCN(CC(=O)O)CC1)C(=O)O. The molecule has 2 aromatic carbocycles. The minimum Gasteiger partial charge on any atom is -0.507 e. The number of carboxylic acid groups (broad SMARTS) is 5. The molecule has 1 aliphatic rings. The highest BCUT2D eigenvalue weighted by Crippen LogP contribution is 2.21. The van der Waals surface area contributed by atoms with Crippen LogP contribution in [0.15, 0.2) is 53.5 Å². The molecule has 0 saturated carbocycles. The maximum atomic E-state index is 14.2. The smallest absolute Gasteiger partial charge is 0.326 e. The lowest BCUT2D eigenvalue weighted by molar-refractivity contribution is -0.145. The summed E-state index contributed by atoms with van der Waals surface area (Å²) in [6, 6.07) is 9.04. The second-order valence-corrected chi connectivity index (χ2v) is 16.9. The number of benzene rings is 2. The lowest BCUT2D eigenvalue weighted by Crippen LogP contribution is -2.53. The number of hydrogen-bond donors (Lipinski definition) is 9. The number of halogens is 1. The second kappa shape index (κ2) is 28.4. The number of carboxylic acids is 5. The van der Waals surface area contributed by atoms with Gasteiger partial charge in [0.05, 0.1) is 23.2 Å². The van der Waals surface area contributed by atoms with E-state index in [4.69, 9.17) is 5.73 Å². The third-order valence-electron chi connectivity index (χ3n) is 10.7. The summed E-state index contributed by atoms with van der Waals surface area (Å²) < 4.78 is 0.420. The molecule has 1 aliphatic heterocycles. The number of aliphatic imine (C=N–C) groups is 1. The van der Waals surface area contributed by atoms with Crippen LogP contribution in [-0.2, 0) is 51.2 Å². The van der Waals surface area contributed by atoms with Crippen LogP contribution in [0.25, 0.3) is 0 Å². The number of hydrogen-bond acceptors (Lipinski definition) is 14. The molecule has 2 aromatic rings. The van der Waals surface area contributed by atoms with Crippen LogP contribution in [-0.4, -0.2) is 200 Å². The van der Waals surface area contributed by atoms with Gasteiger partial charge in [-0.05, 0) is 78.1 Å². The largest absolute Gasteiger partial charge is 0.507 e. The van der Waals surface area contributed by atoms with Crippen molar-refractivity contribution in [3.63, 3.8) is 0 Å². The Hall–Kier alpha value is -5.60. The van der Waals surface area contributed by atoms with Gasteiger partial charge < -0.3 is 47.0 Å². The fraction of sp³-hybridized carbons (Fsp3) is 0.512. The van der Waals surface area contributed by atoms with Gasteiger partial charge in [0.1, 0.15) is 29.6 Å². The van der Waals surface area contributed by atoms with Crippen molar-refractivity contribution in [3.05, 3.63) is 63.2 Å². The Labute approximate surface area is 394 Å². The van der Waals surface area contributed by atoms with Crippen molar-refractivity contribution in [1.82, 2.24) is 30.2 Å². The fourth-order valence-corrected chi connectivity index (χ4v) is 7.77. The molecule has 10 N–H and O–H groups in total. The Bertz CT molecular complexity index is 1990. The molecule has 1 fully saturated rings. The molecule has 66 heavy (non-hydrogen) atoms. The van der Waals surface area contributed by atoms with Crippen molar-refractivity contribution < 1.29 is 69.0 Å². The third-order valence-corrected chi connectivity index (χ3v) is 11.5. The number of rotatable bonds is 24. The maximum Gasteiger partial charge on any atom is 0.326 e. The zero-order chi connectivity index (χ0) is 48.8. The van der Waals surface area contributed by atoms with Gasteiger partial charge in [-0.15, -0.1) is 0 Å². The average molecular weight is 1040 g/mol. The number of phenols is 1. The van der Waals surface area contributed by atoms with Gasteiger partial charge in [0.25, 0.3) is 5.91 Å². The van der Waals surface area contributed by atoms with Crippen molar-refractivity contribution in [2.45, 2.75) is 63.1 Å². The Morgan fingerprint density at radius 1 is 0.667 bits per heavy atom. The monoisotopic (exact) mass is 1040 g/mol. The highest BCUT2D eigenvalue weighted by atomic mass is 127. The molecule has 1 saturated heterocycles. The number of nitrogens with zero attached hydrogens (tertiary/aromatic N) is 5. The topological polar surface area (TPSA) is 333 Å². The molecule has 0 bridgehead atoms. The van der Waals surface area contributed by atoms with Crippen molar-refractivity contribution in [3.8, 4) is 5.75 Å². The predicted molar refractivity (Wildman–Crippen MR) is 246 cm³/mol. The summed E-state index contributed by atoms with van der Waals surface area (Å²) in [4.78, 5) is 112. The molecule has 23 heteroatoms. The summed E-state index contributed by atoms with van der Waals surface area (Å²) in [5.41, 5.74) is 6.26. The van der Waals surface area contributed by atoms with Gasteiger partial charge in [0.2, 0.25) is 11.8 Å². The van der Waals surface area contributed by atoms with Crippen LogP contribution in [0.3, 0.4) is 0 Å². The molecule has 0 aromatic heterocycles. The minimum absolute atomic E-state index is 0.0242. The van der Waals surface area contributed by atoms with E-state index in [1.165, 1.54) is 26.8 Å². The standard InChI is InChI=1S/C43H59IN8O14/c44-30-22-29(9-11-35(30)53)24-32(40(61)48-33(23-28-6-2-1-3-7-28)41(62)47-31(42(63)64)8-4-5-13-45)46-36(54)12-10-34(43(65)66)52-20-18-50(26-38(57)58)16-14-49(25-37(55)56)15-17-51(19-21-52)27-39(59)60/h1-3,6-7,9,11,22,31,33-34,53H,4-5,8,10,12-21,23-27,45H2,(H,47,62)(H,48,61)(H,55,56)(H,57,58)(H,59,60)(H,63,64)(H,65,66)/t31-,33-,34?/m1/s1. The Balaban J connectivity index is 1.94. The van der Waals surface area contributed by atoms with Gasteiger partial charge in [-0.2, -0.15) is 0 Å². The number of aliphatic carboxylic acids is 5. The van der Waals surface area contributed by atoms with Gasteiger partial charge in [-0.25, -0.2) is 9.79 Å². The number of carbonyl (C=O) groups excluding carboxylic acids is 3. The number of unbranched alkanes of at least 4 members (excludes halogenated alkanes) is 1. The van der Waals surface area contributed by atoms with E-state index in [0.717, 1.165) is 0 Å². The first-order chi connectivity index (χ1) is 31.3. The summed E-state index contributed by atoms with van der Waals surface area (Å²) in [6.07, 6.45) is -0.182. The number of phenolic OH excluding ortho intramolecular Hbond substituents is 1. The minimum atomic E-state index is -1.36. The fourth-order valence-electron chi connectivity index (χ4n) is 7.19. The van der Waals surface area contributed by atoms with Gasteiger partial charge in [-0.1, -0.05) is 36.4 Å². The highest BCUT2D eigenvalue weighted by Gasteiger charge is 2.31. The first-order valence-corrected chi connectivity index (χ1v) is 22.4. The third kappa shape index (κ3) is 20.3. The maximum absolute atomic E-state index is 14.2.